The van der Waals surface area contributed by atoms with Crippen molar-refractivity contribution in [1.29, 1.82) is 0 Å². The van der Waals surface area contributed by atoms with E-state index in [9.17, 15) is 18.0 Å². The number of carbonyl (C=O) groups is 2. The largest absolute Gasteiger partial charge is 0.469 e. The zero-order valence-corrected chi connectivity index (χ0v) is 26.4. The molecule has 5 rings (SSSR count). The molecule has 2 fully saturated rings. The van der Waals surface area contributed by atoms with Gasteiger partial charge in [-0.05, 0) is 66.5 Å². The molecule has 3 aliphatic heterocycles. The van der Waals surface area contributed by atoms with Gasteiger partial charge in [0.15, 0.2) is 5.96 Å². The standard InChI is InChI=1S/C31H37ClN6O5S/c1-43-28(39)15-19-3-5-21(6-4-19)25-17-26(36-29(25)32)27-16-23(20-11-13-37(14-12-20)44(2,41)42)18-38(27)30(40)22-7-9-24(10-8-22)35-31(33)34/h3-10,20,23,27H,11-18H2,1-2H3,(H4,33,34,35)/t23-,27-/m0/s1. The highest BCUT2D eigenvalue weighted by Gasteiger charge is 2.43. The van der Waals surface area contributed by atoms with Crippen molar-refractivity contribution in [3.63, 3.8) is 0 Å². The van der Waals surface area contributed by atoms with E-state index in [1.165, 1.54) is 17.7 Å². The van der Waals surface area contributed by atoms with Gasteiger partial charge in [0.2, 0.25) is 10.0 Å². The number of piperidine rings is 1. The van der Waals surface area contributed by atoms with Crippen molar-refractivity contribution in [1.82, 2.24) is 9.21 Å². The molecule has 0 aromatic heterocycles. The van der Waals surface area contributed by atoms with E-state index < -0.39 is 10.0 Å². The number of amides is 1. The number of sulfonamides is 1. The zero-order valence-electron chi connectivity index (χ0n) is 24.8. The average Bonchev–Trinajstić information content (AvgIpc) is 3.61. The Morgan fingerprint density at radius 1 is 1.05 bits per heavy atom. The molecule has 0 saturated carbocycles. The summed E-state index contributed by atoms with van der Waals surface area (Å²) in [5.74, 6) is -0.0258. The molecule has 0 unspecified atom stereocenters. The van der Waals surface area contributed by atoms with Crippen LogP contribution in [0.4, 0.5) is 5.69 Å². The molecule has 0 radical (unpaired) electrons. The summed E-state index contributed by atoms with van der Waals surface area (Å²) < 4.78 is 30.4. The third kappa shape index (κ3) is 7.14. The predicted octanol–water partition coefficient (Wildman–Crippen LogP) is 3.26. The third-order valence-corrected chi connectivity index (χ3v) is 10.3. The number of hydrogen-bond acceptors (Lipinski definition) is 7. The fourth-order valence-electron chi connectivity index (χ4n) is 6.39. The Balaban J connectivity index is 1.36. The van der Waals surface area contributed by atoms with Crippen molar-refractivity contribution in [2.75, 3.05) is 33.0 Å². The lowest BCUT2D eigenvalue weighted by atomic mass is 9.82. The number of carbonyl (C=O) groups excluding carboxylic acids is 2. The minimum Gasteiger partial charge on any atom is -0.469 e. The summed E-state index contributed by atoms with van der Waals surface area (Å²) >= 11 is 6.70. The predicted molar refractivity (Wildman–Crippen MR) is 171 cm³/mol. The molecule has 2 saturated heterocycles. The maximum Gasteiger partial charge on any atom is 0.309 e. The molecular weight excluding hydrogens is 604 g/mol. The van der Waals surface area contributed by atoms with Crippen LogP contribution in [0.5, 0.6) is 0 Å². The Morgan fingerprint density at radius 3 is 2.30 bits per heavy atom. The Bertz CT molecular complexity index is 1610. The van der Waals surface area contributed by atoms with Gasteiger partial charge in [0.25, 0.3) is 5.91 Å². The maximum atomic E-state index is 14.0. The Morgan fingerprint density at radius 2 is 1.70 bits per heavy atom. The van der Waals surface area contributed by atoms with Crippen LogP contribution >= 0.6 is 11.6 Å². The van der Waals surface area contributed by atoms with E-state index in [0.29, 0.717) is 42.5 Å². The highest BCUT2D eigenvalue weighted by molar-refractivity contribution is 7.88. The second-order valence-electron chi connectivity index (χ2n) is 11.6. The Hall–Kier alpha value is -3.74. The summed E-state index contributed by atoms with van der Waals surface area (Å²) in [5.41, 5.74) is 15.5. The van der Waals surface area contributed by atoms with Crippen LogP contribution in [0.3, 0.4) is 0 Å². The average molecular weight is 641 g/mol. The van der Waals surface area contributed by atoms with Gasteiger partial charge in [-0.3, -0.25) is 9.59 Å². The number of nitrogens with two attached hydrogens (primary N) is 2. The molecule has 234 valence electrons. The van der Waals surface area contributed by atoms with Gasteiger partial charge in [0.05, 0.1) is 31.5 Å². The van der Waals surface area contributed by atoms with Crippen molar-refractivity contribution in [2.24, 2.45) is 33.3 Å². The molecule has 44 heavy (non-hydrogen) atoms. The molecule has 0 aliphatic carbocycles. The van der Waals surface area contributed by atoms with E-state index in [2.05, 4.69) is 4.99 Å². The molecule has 0 bridgehead atoms. The van der Waals surface area contributed by atoms with E-state index in [1.54, 1.807) is 24.3 Å². The summed E-state index contributed by atoms with van der Waals surface area (Å²) in [5, 5.41) is 0.389. The SMILES string of the molecule is COC(=O)Cc1ccc(C2=C(Cl)N=C([C@@H]3C[C@H](C4CCN(S(C)(=O)=O)CC4)CN3C(=O)c3ccc(N=C(N)N)cc3)C2)cc1. The number of aliphatic imine (C=N–C) groups is 2. The first-order chi connectivity index (χ1) is 20.9. The fraction of sp³-hybridized carbons (Fsp3) is 0.419. The van der Waals surface area contributed by atoms with Crippen LogP contribution in [-0.2, 0) is 26.0 Å². The molecule has 2 aromatic carbocycles. The highest BCUT2D eigenvalue weighted by atomic mass is 35.5. The number of methoxy groups -OCH3 is 1. The minimum absolute atomic E-state index is 0.0639. The molecule has 1 amide bonds. The fourth-order valence-corrected chi connectivity index (χ4v) is 7.54. The van der Waals surface area contributed by atoms with Crippen molar-refractivity contribution < 1.29 is 22.7 Å². The number of esters is 1. The number of benzene rings is 2. The summed E-state index contributed by atoms with van der Waals surface area (Å²) in [6, 6.07) is 14.1. The van der Waals surface area contributed by atoms with E-state index in [4.69, 9.17) is 32.8 Å². The second-order valence-corrected chi connectivity index (χ2v) is 13.9. The Labute approximate surface area is 262 Å². The quantitative estimate of drug-likeness (QED) is 0.194. The minimum atomic E-state index is -3.24. The molecule has 3 heterocycles. The summed E-state index contributed by atoms with van der Waals surface area (Å²) in [4.78, 5) is 36.3. The molecule has 2 aromatic rings. The van der Waals surface area contributed by atoms with Crippen LogP contribution < -0.4 is 11.5 Å². The van der Waals surface area contributed by atoms with Gasteiger partial charge >= 0.3 is 5.97 Å². The Kier molecular flexibility index (Phi) is 9.42. The van der Waals surface area contributed by atoms with Crippen molar-refractivity contribution in [3.05, 3.63) is 70.4 Å². The smallest absolute Gasteiger partial charge is 0.309 e. The van der Waals surface area contributed by atoms with Crippen LogP contribution in [-0.4, -0.2) is 80.2 Å². The van der Waals surface area contributed by atoms with Gasteiger partial charge < -0.3 is 21.1 Å². The van der Waals surface area contributed by atoms with Crippen LogP contribution in [0, 0.1) is 11.8 Å². The van der Waals surface area contributed by atoms with E-state index in [1.807, 2.05) is 29.2 Å². The number of guanidine groups is 1. The number of nitrogens with zero attached hydrogens (tertiary/aromatic N) is 4. The first-order valence-corrected chi connectivity index (χ1v) is 16.7. The van der Waals surface area contributed by atoms with Crippen LogP contribution in [0.25, 0.3) is 5.57 Å². The van der Waals surface area contributed by atoms with Gasteiger partial charge in [-0.1, -0.05) is 35.9 Å². The number of halogens is 1. The maximum absolute atomic E-state index is 14.0. The van der Waals surface area contributed by atoms with E-state index in [-0.39, 0.29) is 42.1 Å². The molecule has 11 nitrogen and oxygen atoms in total. The molecule has 4 N–H and O–H groups in total. The summed E-state index contributed by atoms with van der Waals surface area (Å²) in [6.07, 6.45) is 4.13. The molecule has 13 heteroatoms. The molecular formula is C31H37ClN6O5S. The number of allylic oxidation sites excluding steroid dienone is 1. The number of hydrogen-bond donors (Lipinski definition) is 2. The number of likely N-dealkylation sites (tertiary alicyclic amines) is 1. The topological polar surface area (TPSA) is 161 Å². The van der Waals surface area contributed by atoms with Crippen molar-refractivity contribution in [3.8, 4) is 0 Å². The monoisotopic (exact) mass is 640 g/mol. The summed E-state index contributed by atoms with van der Waals surface area (Å²) in [7, 11) is -1.87. The van der Waals surface area contributed by atoms with Gasteiger partial charge in [0.1, 0.15) is 5.16 Å². The van der Waals surface area contributed by atoms with Crippen LogP contribution in [0.15, 0.2) is 63.7 Å². The number of rotatable bonds is 8. The molecule has 3 aliphatic rings. The van der Waals surface area contributed by atoms with Crippen LogP contribution in [0.1, 0.15) is 47.2 Å². The molecule has 0 spiro atoms. The lowest BCUT2D eigenvalue weighted by Gasteiger charge is -2.33. The van der Waals surface area contributed by atoms with Gasteiger partial charge in [-0.25, -0.2) is 22.7 Å². The molecule has 2 atom stereocenters. The first kappa shape index (κ1) is 31.7. The highest BCUT2D eigenvalue weighted by Crippen LogP contribution is 2.41. The second kappa shape index (κ2) is 13.1. The first-order valence-electron chi connectivity index (χ1n) is 14.5. The summed E-state index contributed by atoms with van der Waals surface area (Å²) in [6.45, 7) is 1.50. The third-order valence-electron chi connectivity index (χ3n) is 8.71. The van der Waals surface area contributed by atoms with Crippen molar-refractivity contribution >= 4 is 56.4 Å². The lowest BCUT2D eigenvalue weighted by Crippen LogP contribution is -2.41. The van der Waals surface area contributed by atoms with E-state index in [0.717, 1.165) is 41.7 Å². The van der Waals surface area contributed by atoms with Crippen molar-refractivity contribution in [2.45, 2.75) is 38.1 Å². The van der Waals surface area contributed by atoms with Gasteiger partial charge in [-0.15, -0.1) is 0 Å². The van der Waals surface area contributed by atoms with Crippen LogP contribution in [0.2, 0.25) is 0 Å². The normalized spacial score (nSPS) is 21.3. The van der Waals surface area contributed by atoms with E-state index >= 15 is 0 Å². The van der Waals surface area contributed by atoms with Gasteiger partial charge in [-0.2, -0.15) is 0 Å². The van der Waals surface area contributed by atoms with Gasteiger partial charge in [0, 0.05) is 42.9 Å². The lowest BCUT2D eigenvalue weighted by molar-refractivity contribution is -0.139. The zero-order chi connectivity index (χ0) is 31.6. The number of ether oxygens (including phenoxy) is 1.